The van der Waals surface area contributed by atoms with Crippen molar-refractivity contribution in [3.05, 3.63) is 120 Å². The molecule has 38 heavy (non-hydrogen) atoms. The zero-order valence-electron chi connectivity index (χ0n) is 20.7. The van der Waals surface area contributed by atoms with Crippen LogP contribution in [0.5, 0.6) is 0 Å². The van der Waals surface area contributed by atoms with Crippen LogP contribution >= 0.6 is 11.6 Å². The summed E-state index contributed by atoms with van der Waals surface area (Å²) in [6, 6.07) is 18.9. The van der Waals surface area contributed by atoms with Gasteiger partial charge in [-0.05, 0) is 59.5 Å². The molecule has 0 aliphatic rings. The Morgan fingerprint density at radius 2 is 1.61 bits per heavy atom. The second-order valence-electron chi connectivity index (χ2n) is 8.61. The van der Waals surface area contributed by atoms with E-state index in [1.165, 1.54) is 0 Å². The Balaban J connectivity index is 1.46. The fourth-order valence-corrected chi connectivity index (χ4v) is 4.43. The van der Waals surface area contributed by atoms with Crippen molar-refractivity contribution in [2.24, 2.45) is 0 Å². The van der Waals surface area contributed by atoms with E-state index in [1.807, 2.05) is 49.4 Å². The average molecular weight is 518 g/mol. The van der Waals surface area contributed by atoms with Crippen LogP contribution in [0, 0.1) is 6.92 Å². The van der Waals surface area contributed by atoms with Crippen LogP contribution < -0.4 is 10.6 Å². The first-order valence-corrected chi connectivity index (χ1v) is 12.3. The molecule has 0 aliphatic heterocycles. The molecule has 3 heterocycles. The monoisotopic (exact) mass is 517 g/mol. The number of benzene rings is 2. The molecule has 6 nitrogen and oxygen atoms in total. The minimum Gasteiger partial charge on any atom is -0.338 e. The van der Waals surface area contributed by atoms with E-state index in [0.717, 1.165) is 44.4 Å². The van der Waals surface area contributed by atoms with Crippen molar-refractivity contribution in [3.63, 3.8) is 0 Å². The predicted molar refractivity (Wildman–Crippen MR) is 157 cm³/mol. The van der Waals surface area contributed by atoms with E-state index in [2.05, 4.69) is 38.7 Å². The number of amides is 1. The zero-order valence-corrected chi connectivity index (χ0v) is 21.5. The van der Waals surface area contributed by atoms with Gasteiger partial charge in [0.15, 0.2) is 5.82 Å². The number of carbonyl (C=O) groups excluding carboxylic acids is 1. The lowest BCUT2D eigenvalue weighted by atomic mass is 9.98. The third-order valence-corrected chi connectivity index (χ3v) is 6.64. The number of hydrogen-bond acceptors (Lipinski definition) is 5. The number of nitrogens with zero attached hydrogens (tertiary/aromatic N) is 3. The number of anilines is 3. The van der Waals surface area contributed by atoms with Gasteiger partial charge in [0.05, 0.1) is 10.7 Å². The molecule has 186 valence electrons. The van der Waals surface area contributed by atoms with Gasteiger partial charge in [-0.3, -0.25) is 14.8 Å². The Morgan fingerprint density at radius 3 is 2.34 bits per heavy atom. The van der Waals surface area contributed by atoms with Gasteiger partial charge in [0.25, 0.3) is 5.91 Å². The highest BCUT2D eigenvalue weighted by molar-refractivity contribution is 6.36. The molecule has 0 aliphatic carbocycles. The Bertz CT molecular complexity index is 1700. The number of aromatic nitrogens is 3. The van der Waals surface area contributed by atoms with Gasteiger partial charge >= 0.3 is 0 Å². The normalized spacial score (nSPS) is 10.7. The number of fused-ring (bicyclic) bond motifs is 1. The first-order valence-electron chi connectivity index (χ1n) is 11.9. The van der Waals surface area contributed by atoms with Crippen molar-refractivity contribution in [2.45, 2.75) is 6.92 Å². The first-order chi connectivity index (χ1) is 18.5. The lowest BCUT2D eigenvalue weighted by molar-refractivity contribution is 0.102. The van der Waals surface area contributed by atoms with Gasteiger partial charge in [0.2, 0.25) is 0 Å². The summed E-state index contributed by atoms with van der Waals surface area (Å²) >= 11 is 6.81. The number of rotatable bonds is 7. The van der Waals surface area contributed by atoms with E-state index in [-0.39, 0.29) is 11.6 Å². The lowest BCUT2D eigenvalue weighted by Gasteiger charge is -2.16. The van der Waals surface area contributed by atoms with E-state index in [0.29, 0.717) is 16.5 Å². The molecule has 0 radical (unpaired) electrons. The fourth-order valence-electron chi connectivity index (χ4n) is 4.15. The number of pyridine rings is 3. The van der Waals surface area contributed by atoms with Crippen LogP contribution in [0.3, 0.4) is 0 Å². The first kappa shape index (κ1) is 24.9. The standard InChI is InChI=1S/C31H24ClN5O/c1-4-20-12-13-27(34-17-20)31(38)37-26-11-7-9-24(28(26)32)23-8-6-10-25(19(23)3)36-30-29-22(14-15-33-30)16-21(5-2)18-35-29/h4-18H,1-2H2,3H3,(H,33,36)(H,37,38). The van der Waals surface area contributed by atoms with Crippen LogP contribution in [0.4, 0.5) is 17.2 Å². The number of halogens is 1. The molecule has 0 saturated carbocycles. The van der Waals surface area contributed by atoms with Crippen LogP contribution in [0.2, 0.25) is 5.02 Å². The van der Waals surface area contributed by atoms with E-state index in [1.54, 1.807) is 48.9 Å². The molecule has 0 fully saturated rings. The summed E-state index contributed by atoms with van der Waals surface area (Å²) in [5.74, 6) is 0.307. The van der Waals surface area contributed by atoms with Crippen LogP contribution in [-0.4, -0.2) is 20.9 Å². The van der Waals surface area contributed by atoms with Crippen LogP contribution in [0.15, 0.2) is 92.4 Å². The molecular weight excluding hydrogens is 494 g/mol. The smallest absolute Gasteiger partial charge is 0.274 e. The van der Waals surface area contributed by atoms with E-state index in [4.69, 9.17) is 11.6 Å². The van der Waals surface area contributed by atoms with Gasteiger partial charge in [-0.15, -0.1) is 0 Å². The van der Waals surface area contributed by atoms with Crippen LogP contribution in [0.1, 0.15) is 27.2 Å². The highest BCUT2D eigenvalue weighted by Crippen LogP contribution is 2.38. The summed E-state index contributed by atoms with van der Waals surface area (Å²) in [6.45, 7) is 9.54. The molecule has 0 bridgehead atoms. The van der Waals surface area contributed by atoms with Gasteiger partial charge in [-0.25, -0.2) is 4.98 Å². The maximum absolute atomic E-state index is 12.8. The molecule has 0 saturated heterocycles. The summed E-state index contributed by atoms with van der Waals surface area (Å²) in [5.41, 5.74) is 6.89. The fraction of sp³-hybridized carbons (Fsp3) is 0.0323. The molecule has 1 amide bonds. The summed E-state index contributed by atoms with van der Waals surface area (Å²) in [7, 11) is 0. The van der Waals surface area contributed by atoms with Crippen LogP contribution in [0.25, 0.3) is 34.2 Å². The molecule has 2 N–H and O–H groups in total. The number of hydrogen-bond donors (Lipinski definition) is 2. The maximum Gasteiger partial charge on any atom is 0.274 e. The largest absolute Gasteiger partial charge is 0.338 e. The Labute approximate surface area is 225 Å². The highest BCUT2D eigenvalue weighted by atomic mass is 35.5. The molecule has 3 aromatic heterocycles. The lowest BCUT2D eigenvalue weighted by Crippen LogP contribution is -2.14. The molecule has 5 aromatic rings. The molecule has 0 spiro atoms. The van der Waals surface area contributed by atoms with Gasteiger partial charge in [0, 0.05) is 35.2 Å². The third-order valence-electron chi connectivity index (χ3n) is 6.23. The van der Waals surface area contributed by atoms with Crippen molar-refractivity contribution in [1.29, 1.82) is 0 Å². The maximum atomic E-state index is 12.8. The molecule has 0 atom stereocenters. The second kappa shape index (κ2) is 10.7. The molecule has 0 unspecified atom stereocenters. The number of nitrogens with one attached hydrogen (secondary N) is 2. The van der Waals surface area contributed by atoms with Crippen LogP contribution in [-0.2, 0) is 0 Å². The van der Waals surface area contributed by atoms with Crippen molar-refractivity contribution < 1.29 is 4.79 Å². The number of carbonyl (C=O) groups is 1. The Morgan fingerprint density at radius 1 is 0.868 bits per heavy atom. The van der Waals surface area contributed by atoms with Gasteiger partial charge in [0.1, 0.15) is 11.2 Å². The van der Waals surface area contributed by atoms with E-state index < -0.39 is 0 Å². The predicted octanol–water partition coefficient (Wildman–Crippen LogP) is 7.94. The van der Waals surface area contributed by atoms with Crippen molar-refractivity contribution in [2.75, 3.05) is 10.6 Å². The molecule has 2 aromatic carbocycles. The molecule has 5 rings (SSSR count). The van der Waals surface area contributed by atoms with E-state index >= 15 is 0 Å². The minimum atomic E-state index is -0.346. The summed E-state index contributed by atoms with van der Waals surface area (Å²) < 4.78 is 0. The molecular formula is C31H24ClN5O. The average Bonchev–Trinajstić information content (AvgIpc) is 2.95. The second-order valence-corrected chi connectivity index (χ2v) is 8.99. The van der Waals surface area contributed by atoms with Gasteiger partial charge in [-0.1, -0.05) is 67.2 Å². The third kappa shape index (κ3) is 4.90. The van der Waals surface area contributed by atoms with Crippen molar-refractivity contribution in [3.8, 4) is 11.1 Å². The zero-order chi connectivity index (χ0) is 26.6. The molecule has 7 heteroatoms. The van der Waals surface area contributed by atoms with E-state index in [9.17, 15) is 4.79 Å². The van der Waals surface area contributed by atoms with Gasteiger partial charge < -0.3 is 10.6 Å². The quantitative estimate of drug-likeness (QED) is 0.229. The Hall–Kier alpha value is -4.81. The van der Waals surface area contributed by atoms with Crippen molar-refractivity contribution >= 4 is 57.8 Å². The summed E-state index contributed by atoms with van der Waals surface area (Å²) in [4.78, 5) is 26.1. The topological polar surface area (TPSA) is 79.8 Å². The summed E-state index contributed by atoms with van der Waals surface area (Å²) in [6.07, 6.45) is 8.56. The highest BCUT2D eigenvalue weighted by Gasteiger charge is 2.16. The Kier molecular flexibility index (Phi) is 6.98. The summed E-state index contributed by atoms with van der Waals surface area (Å²) in [5, 5.41) is 7.71. The van der Waals surface area contributed by atoms with Crippen molar-refractivity contribution in [1.82, 2.24) is 15.0 Å². The minimum absolute atomic E-state index is 0.288. The SMILES string of the molecule is C=Cc1ccc(C(=O)Nc2cccc(-c3cccc(Nc4nccc5cc(C=C)cnc45)c3C)c2Cl)nc1. The van der Waals surface area contributed by atoms with Gasteiger partial charge in [-0.2, -0.15) is 0 Å².